The standard InChI is InChI=1S/C31H38N2O4/c1-20(2)16-29(34)33-15-14-23-10-11-25(17-27(23)30(33)24-8-6-22(5)7-9-24)36-19-26-12-13-28(37-26)31(35)32-18-21(3)4/h6-13,17,20-21,30H,14-16,18-19H2,1-5H3,(H,32,35). The molecule has 0 saturated carbocycles. The van der Waals surface area contributed by atoms with Crippen molar-refractivity contribution >= 4 is 11.8 Å². The maximum atomic E-state index is 13.3. The van der Waals surface area contributed by atoms with Crippen LogP contribution in [-0.2, 0) is 17.8 Å². The summed E-state index contributed by atoms with van der Waals surface area (Å²) in [5, 5.41) is 2.86. The highest BCUT2D eigenvalue weighted by atomic mass is 16.5. The highest BCUT2D eigenvalue weighted by molar-refractivity contribution is 5.91. The lowest BCUT2D eigenvalue weighted by molar-refractivity contribution is -0.134. The first kappa shape index (κ1) is 26.5. The van der Waals surface area contributed by atoms with Gasteiger partial charge in [-0.05, 0) is 66.1 Å². The van der Waals surface area contributed by atoms with Crippen molar-refractivity contribution in [1.29, 1.82) is 0 Å². The summed E-state index contributed by atoms with van der Waals surface area (Å²) in [7, 11) is 0. The molecule has 0 saturated heterocycles. The molecule has 196 valence electrons. The fourth-order valence-electron chi connectivity index (χ4n) is 4.64. The van der Waals surface area contributed by atoms with Gasteiger partial charge in [0.2, 0.25) is 5.91 Å². The number of amides is 2. The van der Waals surface area contributed by atoms with Gasteiger partial charge in [-0.1, -0.05) is 63.6 Å². The number of hydrogen-bond acceptors (Lipinski definition) is 4. The predicted octanol–water partition coefficient (Wildman–Crippen LogP) is 6.07. The van der Waals surface area contributed by atoms with Crippen molar-refractivity contribution in [3.8, 4) is 5.75 Å². The molecule has 6 nitrogen and oxygen atoms in total. The molecule has 1 unspecified atom stereocenters. The number of rotatable bonds is 9. The zero-order valence-corrected chi connectivity index (χ0v) is 22.5. The van der Waals surface area contributed by atoms with E-state index in [9.17, 15) is 9.59 Å². The van der Waals surface area contributed by atoms with Gasteiger partial charge >= 0.3 is 0 Å². The lowest BCUT2D eigenvalue weighted by Crippen LogP contribution is -2.41. The molecule has 4 rings (SSSR count). The topological polar surface area (TPSA) is 71.8 Å². The highest BCUT2D eigenvalue weighted by Gasteiger charge is 2.32. The zero-order valence-electron chi connectivity index (χ0n) is 22.5. The first-order valence-electron chi connectivity index (χ1n) is 13.2. The Bertz CT molecular complexity index is 1230. The van der Waals surface area contributed by atoms with Gasteiger partial charge in [0, 0.05) is 19.5 Å². The van der Waals surface area contributed by atoms with Crippen LogP contribution in [-0.4, -0.2) is 29.8 Å². The second-order valence-corrected chi connectivity index (χ2v) is 10.8. The molecule has 0 aliphatic carbocycles. The molecular formula is C31H38N2O4. The first-order chi connectivity index (χ1) is 17.7. The van der Waals surface area contributed by atoms with E-state index < -0.39 is 0 Å². The van der Waals surface area contributed by atoms with Crippen molar-refractivity contribution in [3.05, 3.63) is 88.4 Å². The number of ether oxygens (including phenoxy) is 1. The van der Waals surface area contributed by atoms with E-state index in [-0.39, 0.29) is 30.2 Å². The van der Waals surface area contributed by atoms with Gasteiger partial charge in [-0.15, -0.1) is 0 Å². The van der Waals surface area contributed by atoms with E-state index in [4.69, 9.17) is 9.15 Å². The number of carbonyl (C=O) groups is 2. The summed E-state index contributed by atoms with van der Waals surface area (Å²) in [6.45, 7) is 11.8. The molecule has 2 heterocycles. The summed E-state index contributed by atoms with van der Waals surface area (Å²) in [5.74, 6) is 2.19. The molecule has 3 aromatic rings. The Balaban J connectivity index is 1.54. The summed E-state index contributed by atoms with van der Waals surface area (Å²) < 4.78 is 11.8. The van der Waals surface area contributed by atoms with Crippen LogP contribution in [0.4, 0.5) is 0 Å². The van der Waals surface area contributed by atoms with Crippen LogP contribution in [0.2, 0.25) is 0 Å². The summed E-state index contributed by atoms with van der Waals surface area (Å²) in [5.41, 5.74) is 4.61. The first-order valence-corrected chi connectivity index (χ1v) is 13.2. The number of benzene rings is 2. The van der Waals surface area contributed by atoms with Gasteiger partial charge in [0.25, 0.3) is 5.91 Å². The van der Waals surface area contributed by atoms with Crippen molar-refractivity contribution in [2.75, 3.05) is 13.1 Å². The molecule has 1 aliphatic rings. The van der Waals surface area contributed by atoms with Gasteiger partial charge in [0.05, 0.1) is 6.04 Å². The van der Waals surface area contributed by atoms with Crippen LogP contribution >= 0.6 is 0 Å². The molecule has 0 fully saturated rings. The van der Waals surface area contributed by atoms with E-state index in [1.54, 1.807) is 12.1 Å². The van der Waals surface area contributed by atoms with Crippen LogP contribution in [0.5, 0.6) is 5.75 Å². The lowest BCUT2D eigenvalue weighted by Gasteiger charge is -2.38. The number of aryl methyl sites for hydroxylation is 1. The molecule has 0 radical (unpaired) electrons. The van der Waals surface area contributed by atoms with Crippen LogP contribution in [0.1, 0.15) is 78.7 Å². The smallest absolute Gasteiger partial charge is 0.287 e. The van der Waals surface area contributed by atoms with Crippen molar-refractivity contribution in [2.45, 2.75) is 60.1 Å². The van der Waals surface area contributed by atoms with Gasteiger partial charge in [-0.25, -0.2) is 0 Å². The lowest BCUT2D eigenvalue weighted by atomic mass is 9.87. The summed E-state index contributed by atoms with van der Waals surface area (Å²) in [6, 6.07) is 17.8. The third kappa shape index (κ3) is 6.62. The third-order valence-electron chi connectivity index (χ3n) is 6.58. The molecule has 1 aromatic heterocycles. The van der Waals surface area contributed by atoms with E-state index >= 15 is 0 Å². The van der Waals surface area contributed by atoms with Crippen LogP contribution in [0.3, 0.4) is 0 Å². The Hall–Kier alpha value is -3.54. The highest BCUT2D eigenvalue weighted by Crippen LogP contribution is 2.38. The van der Waals surface area contributed by atoms with E-state index in [0.29, 0.717) is 42.9 Å². The average molecular weight is 503 g/mol. The summed E-state index contributed by atoms with van der Waals surface area (Å²) in [6.07, 6.45) is 1.34. The fraction of sp³-hybridized carbons (Fsp3) is 0.419. The van der Waals surface area contributed by atoms with E-state index in [2.05, 4.69) is 56.4 Å². The number of nitrogens with one attached hydrogen (secondary N) is 1. The quantitative estimate of drug-likeness (QED) is 0.385. The van der Waals surface area contributed by atoms with Gasteiger partial charge in [-0.3, -0.25) is 9.59 Å². The van der Waals surface area contributed by atoms with Gasteiger partial charge in [-0.2, -0.15) is 0 Å². The third-order valence-corrected chi connectivity index (χ3v) is 6.58. The van der Waals surface area contributed by atoms with E-state index in [1.165, 1.54) is 11.1 Å². The minimum atomic E-state index is -0.221. The molecule has 1 N–H and O–H groups in total. The molecule has 2 amide bonds. The van der Waals surface area contributed by atoms with Crippen LogP contribution in [0.25, 0.3) is 0 Å². The van der Waals surface area contributed by atoms with Crippen molar-refractivity contribution in [1.82, 2.24) is 10.2 Å². The van der Waals surface area contributed by atoms with Crippen molar-refractivity contribution in [3.63, 3.8) is 0 Å². The molecule has 0 spiro atoms. The fourth-order valence-corrected chi connectivity index (χ4v) is 4.64. The van der Waals surface area contributed by atoms with Crippen molar-refractivity contribution in [2.24, 2.45) is 11.8 Å². The molecule has 6 heteroatoms. The summed E-state index contributed by atoms with van der Waals surface area (Å²) >= 11 is 0. The van der Waals surface area contributed by atoms with E-state index in [0.717, 1.165) is 17.5 Å². The monoisotopic (exact) mass is 502 g/mol. The van der Waals surface area contributed by atoms with Crippen LogP contribution in [0, 0.1) is 18.8 Å². The molecule has 1 atom stereocenters. The minimum Gasteiger partial charge on any atom is -0.486 e. The molecular weight excluding hydrogens is 464 g/mol. The van der Waals surface area contributed by atoms with Crippen molar-refractivity contribution < 1.29 is 18.7 Å². The SMILES string of the molecule is Cc1ccc(C2c3cc(OCc4ccc(C(=O)NCC(C)C)o4)ccc3CCN2C(=O)CC(C)C)cc1. The largest absolute Gasteiger partial charge is 0.486 e. The van der Waals surface area contributed by atoms with Gasteiger partial charge < -0.3 is 19.4 Å². The number of fused-ring (bicyclic) bond motifs is 1. The second kappa shape index (κ2) is 11.7. The normalized spacial score (nSPS) is 15.1. The molecule has 37 heavy (non-hydrogen) atoms. The molecule has 2 aromatic carbocycles. The maximum Gasteiger partial charge on any atom is 0.287 e. The Labute approximate surface area is 220 Å². The average Bonchev–Trinajstić information content (AvgIpc) is 3.34. The van der Waals surface area contributed by atoms with E-state index in [1.807, 2.05) is 30.9 Å². The molecule has 1 aliphatic heterocycles. The Morgan fingerprint density at radius 3 is 2.49 bits per heavy atom. The second-order valence-electron chi connectivity index (χ2n) is 10.8. The number of hydrogen-bond donors (Lipinski definition) is 1. The Morgan fingerprint density at radius 2 is 1.78 bits per heavy atom. The Morgan fingerprint density at radius 1 is 1.03 bits per heavy atom. The molecule has 0 bridgehead atoms. The van der Waals surface area contributed by atoms with Gasteiger partial charge in [0.1, 0.15) is 18.1 Å². The van der Waals surface area contributed by atoms with Gasteiger partial charge in [0.15, 0.2) is 5.76 Å². The predicted molar refractivity (Wildman–Crippen MR) is 145 cm³/mol. The maximum absolute atomic E-state index is 13.3. The Kier molecular flexibility index (Phi) is 8.37. The zero-order chi connectivity index (χ0) is 26.5. The minimum absolute atomic E-state index is 0.154. The summed E-state index contributed by atoms with van der Waals surface area (Å²) in [4.78, 5) is 27.5. The van der Waals surface area contributed by atoms with Crippen LogP contribution < -0.4 is 10.1 Å². The number of furan rings is 1. The van der Waals surface area contributed by atoms with Crippen LogP contribution in [0.15, 0.2) is 59.0 Å². The number of nitrogens with zero attached hydrogens (tertiary/aromatic N) is 1. The number of carbonyl (C=O) groups excluding carboxylic acids is 2.